The molecule has 17 heavy (non-hydrogen) atoms. The van der Waals surface area contributed by atoms with E-state index in [9.17, 15) is 9.59 Å². The zero-order valence-corrected chi connectivity index (χ0v) is 11.3. The fourth-order valence-corrected chi connectivity index (χ4v) is 2.83. The Kier molecular flexibility index (Phi) is 3.54. The number of nitrogens with zero attached hydrogens (tertiary/aromatic N) is 1. The van der Waals surface area contributed by atoms with E-state index in [0.29, 0.717) is 5.01 Å². The quantitative estimate of drug-likeness (QED) is 0.497. The maximum atomic E-state index is 11.7. The predicted molar refractivity (Wildman–Crippen MR) is 68.3 cm³/mol. The number of fused-ring (bicyclic) bond motifs is 1. The predicted octanol–water partition coefficient (Wildman–Crippen LogP) is 2.80. The number of benzene rings is 1. The van der Waals surface area contributed by atoms with Crippen molar-refractivity contribution < 1.29 is 14.3 Å². The average Bonchev–Trinajstić information content (AvgIpc) is 2.74. The molecule has 0 unspecified atom stereocenters. The van der Waals surface area contributed by atoms with Crippen LogP contribution in [0.2, 0.25) is 0 Å². The summed E-state index contributed by atoms with van der Waals surface area (Å²) < 4.78 is 6.19. The van der Waals surface area contributed by atoms with Crippen LogP contribution in [0.5, 0.6) is 0 Å². The van der Waals surface area contributed by atoms with Crippen LogP contribution < -0.4 is 0 Å². The second-order valence-corrected chi connectivity index (χ2v) is 5.17. The van der Waals surface area contributed by atoms with Gasteiger partial charge in [-0.25, -0.2) is 4.98 Å². The van der Waals surface area contributed by atoms with Gasteiger partial charge in [0.15, 0.2) is 5.01 Å². The first kappa shape index (κ1) is 12.2. The summed E-state index contributed by atoms with van der Waals surface area (Å²) in [6, 6.07) is 5.61. The van der Waals surface area contributed by atoms with E-state index < -0.39 is 5.97 Å². The molecular formula is C11H8BrNO3S. The minimum atomic E-state index is -0.548. The zero-order chi connectivity index (χ0) is 12.4. The molecule has 1 aromatic heterocycles. The highest BCUT2D eigenvalue weighted by Gasteiger charge is 2.17. The molecule has 0 aliphatic rings. The summed E-state index contributed by atoms with van der Waals surface area (Å²) in [4.78, 5) is 26.9. The topological polar surface area (TPSA) is 56.3 Å². The van der Waals surface area contributed by atoms with Crippen molar-refractivity contribution in [1.82, 2.24) is 4.98 Å². The Morgan fingerprint density at radius 1 is 1.47 bits per heavy atom. The highest BCUT2D eigenvalue weighted by molar-refractivity contribution is 9.10. The number of hydrogen-bond acceptors (Lipinski definition) is 5. The fourth-order valence-electron chi connectivity index (χ4n) is 1.31. The molecule has 0 bridgehead atoms. The molecule has 0 N–H and O–H groups in total. The Labute approximate surface area is 110 Å². The first-order valence-electron chi connectivity index (χ1n) is 4.77. The largest absolute Gasteiger partial charge is 0.469 e. The lowest BCUT2D eigenvalue weighted by Crippen LogP contribution is -2.09. The summed E-state index contributed by atoms with van der Waals surface area (Å²) in [5, 5.41) is 0.331. The van der Waals surface area contributed by atoms with Gasteiger partial charge < -0.3 is 4.74 Å². The number of aromatic nitrogens is 1. The first-order valence-corrected chi connectivity index (χ1v) is 6.38. The van der Waals surface area contributed by atoms with Crippen molar-refractivity contribution in [3.63, 3.8) is 0 Å². The third kappa shape index (κ3) is 2.53. The summed E-state index contributed by atoms with van der Waals surface area (Å²) in [6.45, 7) is 0. The number of carbonyl (C=O) groups excluding carboxylic acids is 2. The fraction of sp³-hybridized carbons (Fsp3) is 0.182. The lowest BCUT2D eigenvalue weighted by atomic mass is 10.3. The number of halogens is 1. The molecule has 88 valence electrons. The van der Waals surface area contributed by atoms with Crippen LogP contribution in [0.25, 0.3) is 10.2 Å². The minimum Gasteiger partial charge on any atom is -0.469 e. The van der Waals surface area contributed by atoms with Crippen LogP contribution in [0.3, 0.4) is 0 Å². The van der Waals surface area contributed by atoms with Gasteiger partial charge in [0.25, 0.3) is 0 Å². The van der Waals surface area contributed by atoms with E-state index >= 15 is 0 Å². The molecule has 2 aromatic rings. The van der Waals surface area contributed by atoms with Gasteiger partial charge in [0.1, 0.15) is 6.42 Å². The minimum absolute atomic E-state index is 0.270. The summed E-state index contributed by atoms with van der Waals surface area (Å²) in [7, 11) is 1.25. The highest BCUT2D eigenvalue weighted by atomic mass is 79.9. The Hall–Kier alpha value is -1.27. The molecule has 0 atom stereocenters. The van der Waals surface area contributed by atoms with Crippen LogP contribution in [0, 0.1) is 0 Å². The Morgan fingerprint density at radius 3 is 2.88 bits per heavy atom. The van der Waals surface area contributed by atoms with Gasteiger partial charge in [-0.05, 0) is 28.1 Å². The van der Waals surface area contributed by atoms with Gasteiger partial charge in [0, 0.05) is 4.47 Å². The van der Waals surface area contributed by atoms with Crippen molar-refractivity contribution in [2.75, 3.05) is 7.11 Å². The molecule has 1 aromatic carbocycles. The van der Waals surface area contributed by atoms with Crippen molar-refractivity contribution in [3.05, 3.63) is 27.7 Å². The maximum absolute atomic E-state index is 11.7. The van der Waals surface area contributed by atoms with E-state index in [-0.39, 0.29) is 12.2 Å². The monoisotopic (exact) mass is 313 g/mol. The molecule has 0 saturated heterocycles. The summed E-state index contributed by atoms with van der Waals surface area (Å²) in [5.41, 5.74) is 0.741. The van der Waals surface area contributed by atoms with Crippen molar-refractivity contribution in [1.29, 1.82) is 0 Å². The van der Waals surface area contributed by atoms with E-state index in [0.717, 1.165) is 14.7 Å². The molecule has 4 nitrogen and oxygen atoms in total. The molecule has 0 radical (unpaired) electrons. The summed E-state index contributed by atoms with van der Waals surface area (Å²) in [5.74, 6) is -0.863. The summed E-state index contributed by atoms with van der Waals surface area (Å²) >= 11 is 4.64. The number of esters is 1. The van der Waals surface area contributed by atoms with E-state index in [1.54, 1.807) is 0 Å². The molecule has 1 heterocycles. The van der Waals surface area contributed by atoms with E-state index in [1.165, 1.54) is 18.4 Å². The third-order valence-electron chi connectivity index (χ3n) is 2.14. The number of methoxy groups -OCH3 is 1. The standard InChI is InChI=1S/C11H8BrNO3S/c1-16-9(15)5-7(14)11-13-10-6(12)3-2-4-8(10)17-11/h2-4H,5H2,1H3. The Balaban J connectivity index is 2.34. The van der Waals surface area contributed by atoms with Gasteiger partial charge in [0.2, 0.25) is 5.78 Å². The van der Waals surface area contributed by atoms with Crippen molar-refractivity contribution in [2.45, 2.75) is 6.42 Å². The maximum Gasteiger partial charge on any atom is 0.313 e. The van der Waals surface area contributed by atoms with Gasteiger partial charge >= 0.3 is 5.97 Å². The van der Waals surface area contributed by atoms with Crippen LogP contribution in [-0.4, -0.2) is 23.8 Å². The normalized spacial score (nSPS) is 10.5. The van der Waals surface area contributed by atoms with Gasteiger partial charge in [0.05, 0.1) is 17.3 Å². The van der Waals surface area contributed by atoms with Crippen molar-refractivity contribution in [2.24, 2.45) is 0 Å². The van der Waals surface area contributed by atoms with Gasteiger partial charge in [-0.1, -0.05) is 6.07 Å². The molecule has 0 aliphatic carbocycles. The SMILES string of the molecule is COC(=O)CC(=O)c1nc2c(Br)cccc2s1. The molecule has 2 rings (SSSR count). The van der Waals surface area contributed by atoms with Gasteiger partial charge in [-0.2, -0.15) is 0 Å². The first-order chi connectivity index (χ1) is 8.11. The van der Waals surface area contributed by atoms with E-state index in [4.69, 9.17) is 0 Å². The molecule has 0 amide bonds. The zero-order valence-electron chi connectivity index (χ0n) is 8.90. The van der Waals surface area contributed by atoms with Crippen LogP contribution in [0.15, 0.2) is 22.7 Å². The molecule has 0 spiro atoms. The lowest BCUT2D eigenvalue weighted by molar-refractivity contribution is -0.139. The number of rotatable bonds is 3. The van der Waals surface area contributed by atoms with Gasteiger partial charge in [-0.3, -0.25) is 9.59 Å². The highest BCUT2D eigenvalue weighted by Crippen LogP contribution is 2.28. The van der Waals surface area contributed by atoms with Crippen molar-refractivity contribution >= 4 is 49.2 Å². The number of thiazole rings is 1. The van der Waals surface area contributed by atoms with Crippen LogP contribution in [0.4, 0.5) is 0 Å². The number of carbonyl (C=O) groups is 2. The molecule has 0 saturated carbocycles. The summed E-state index contributed by atoms with van der Waals surface area (Å²) in [6.07, 6.45) is -0.270. The van der Waals surface area contributed by atoms with E-state index in [2.05, 4.69) is 25.7 Å². The number of ether oxygens (including phenoxy) is 1. The number of Topliss-reactive ketones (excluding diaryl/α,β-unsaturated/α-hetero) is 1. The number of ketones is 1. The number of hydrogen-bond donors (Lipinski definition) is 0. The van der Waals surface area contributed by atoms with Crippen LogP contribution >= 0.6 is 27.3 Å². The van der Waals surface area contributed by atoms with Crippen molar-refractivity contribution in [3.8, 4) is 0 Å². The smallest absolute Gasteiger partial charge is 0.313 e. The van der Waals surface area contributed by atoms with E-state index in [1.807, 2.05) is 18.2 Å². The average molecular weight is 314 g/mol. The second-order valence-electron chi connectivity index (χ2n) is 3.28. The lowest BCUT2D eigenvalue weighted by Gasteiger charge is -1.94. The Morgan fingerprint density at radius 2 is 2.24 bits per heavy atom. The molecule has 0 fully saturated rings. The molecule has 0 aliphatic heterocycles. The van der Waals surface area contributed by atoms with Gasteiger partial charge in [-0.15, -0.1) is 11.3 Å². The molecular weight excluding hydrogens is 306 g/mol. The Bertz CT molecular complexity index is 593. The number of para-hydroxylation sites is 1. The second kappa shape index (κ2) is 4.93. The van der Waals surface area contributed by atoms with Crippen LogP contribution in [-0.2, 0) is 9.53 Å². The molecule has 6 heteroatoms. The third-order valence-corrected chi connectivity index (χ3v) is 3.84. The van der Waals surface area contributed by atoms with Crippen LogP contribution in [0.1, 0.15) is 16.2 Å².